The highest BCUT2D eigenvalue weighted by atomic mass is 19.1. The summed E-state index contributed by atoms with van der Waals surface area (Å²) in [7, 11) is 0. The number of benzene rings is 1. The third-order valence-electron chi connectivity index (χ3n) is 4.21. The van der Waals surface area contributed by atoms with Crippen LogP contribution in [-0.2, 0) is 4.74 Å². The van der Waals surface area contributed by atoms with E-state index in [1.54, 1.807) is 6.07 Å². The molecule has 0 bridgehead atoms. The summed E-state index contributed by atoms with van der Waals surface area (Å²) in [5.74, 6) is -0.465. The van der Waals surface area contributed by atoms with Gasteiger partial charge in [-0.15, -0.1) is 0 Å². The van der Waals surface area contributed by atoms with Crippen molar-refractivity contribution in [3.8, 4) is 5.69 Å². The molecule has 3 aromatic rings. The summed E-state index contributed by atoms with van der Waals surface area (Å²) >= 11 is 0. The molecule has 3 heterocycles. The summed E-state index contributed by atoms with van der Waals surface area (Å²) in [4.78, 5) is 21.0. The largest absolute Gasteiger partial charge is 0.394 e. The van der Waals surface area contributed by atoms with Gasteiger partial charge in [0, 0.05) is 6.42 Å². The normalized spacial score (nSPS) is 23.4. The van der Waals surface area contributed by atoms with E-state index < -0.39 is 29.8 Å². The Labute approximate surface area is 140 Å². The Morgan fingerprint density at radius 3 is 2.88 bits per heavy atom. The number of halogens is 1. The number of rotatable bonds is 3. The second-order valence-corrected chi connectivity index (χ2v) is 5.86. The summed E-state index contributed by atoms with van der Waals surface area (Å²) in [6.45, 7) is -0.208. The summed E-state index contributed by atoms with van der Waals surface area (Å²) in [6, 6.07) is 5.59. The molecule has 25 heavy (non-hydrogen) atoms. The second-order valence-electron chi connectivity index (χ2n) is 5.86. The summed E-state index contributed by atoms with van der Waals surface area (Å²) in [5, 5.41) is 19.3. The van der Waals surface area contributed by atoms with Crippen LogP contribution in [0.3, 0.4) is 0 Å². The first-order chi connectivity index (χ1) is 12.1. The predicted octanol–water partition coefficient (Wildman–Crippen LogP) is 0.362. The molecule has 2 aromatic heterocycles. The molecule has 9 heteroatoms. The van der Waals surface area contributed by atoms with Gasteiger partial charge in [0.2, 0.25) is 0 Å². The van der Waals surface area contributed by atoms with Crippen LogP contribution in [0.5, 0.6) is 0 Å². The number of hydrogen-bond acceptors (Lipinski definition) is 6. The highest BCUT2D eigenvalue weighted by Crippen LogP contribution is 2.30. The Hall–Kier alpha value is -2.62. The van der Waals surface area contributed by atoms with Crippen LogP contribution in [0.15, 0.2) is 41.7 Å². The Morgan fingerprint density at radius 1 is 1.32 bits per heavy atom. The van der Waals surface area contributed by atoms with E-state index in [2.05, 4.69) is 9.97 Å². The van der Waals surface area contributed by atoms with Crippen LogP contribution in [0, 0.1) is 5.82 Å². The first-order valence-corrected chi connectivity index (χ1v) is 7.73. The van der Waals surface area contributed by atoms with Crippen molar-refractivity contribution in [2.24, 2.45) is 0 Å². The van der Waals surface area contributed by atoms with Crippen LogP contribution in [0.25, 0.3) is 16.9 Å². The van der Waals surface area contributed by atoms with Gasteiger partial charge in [0.1, 0.15) is 18.2 Å². The van der Waals surface area contributed by atoms with Crippen LogP contribution in [0.2, 0.25) is 0 Å². The van der Waals surface area contributed by atoms with Crippen molar-refractivity contribution in [2.45, 2.75) is 24.9 Å². The molecule has 0 aliphatic carbocycles. The van der Waals surface area contributed by atoms with Gasteiger partial charge < -0.3 is 14.9 Å². The molecule has 0 amide bonds. The van der Waals surface area contributed by atoms with E-state index in [4.69, 9.17) is 4.74 Å². The van der Waals surface area contributed by atoms with Crippen LogP contribution < -0.4 is 5.56 Å². The van der Waals surface area contributed by atoms with Gasteiger partial charge in [0.05, 0.1) is 24.7 Å². The SMILES string of the molecule is O=c1c2ncn([C@@H]3O[C@H](CO)CC3O)c2ncn1-c1cccc(F)c1. The molecule has 0 spiro atoms. The molecule has 1 saturated heterocycles. The van der Waals surface area contributed by atoms with Gasteiger partial charge in [0.15, 0.2) is 17.4 Å². The van der Waals surface area contributed by atoms with Crippen molar-refractivity contribution in [3.63, 3.8) is 0 Å². The zero-order valence-corrected chi connectivity index (χ0v) is 13.0. The van der Waals surface area contributed by atoms with Gasteiger partial charge in [-0.2, -0.15) is 0 Å². The van der Waals surface area contributed by atoms with Crippen LogP contribution in [-0.4, -0.2) is 48.1 Å². The molecule has 1 aliphatic rings. The maximum Gasteiger partial charge on any atom is 0.286 e. The maximum absolute atomic E-state index is 13.4. The van der Waals surface area contributed by atoms with Gasteiger partial charge in [-0.05, 0) is 18.2 Å². The molecule has 0 radical (unpaired) electrons. The fraction of sp³-hybridized carbons (Fsp3) is 0.312. The lowest BCUT2D eigenvalue weighted by atomic mass is 10.2. The molecule has 130 valence electrons. The number of imidazole rings is 1. The molecule has 3 atom stereocenters. The Balaban J connectivity index is 1.79. The molecule has 4 rings (SSSR count). The number of nitrogens with zero attached hydrogens (tertiary/aromatic N) is 4. The highest BCUT2D eigenvalue weighted by molar-refractivity contribution is 5.69. The smallest absolute Gasteiger partial charge is 0.286 e. The van der Waals surface area contributed by atoms with Crippen molar-refractivity contribution in [1.82, 2.24) is 19.1 Å². The van der Waals surface area contributed by atoms with Gasteiger partial charge in [-0.1, -0.05) is 6.07 Å². The average molecular weight is 346 g/mol. The predicted molar refractivity (Wildman–Crippen MR) is 84.7 cm³/mol. The molecule has 1 fully saturated rings. The van der Waals surface area contributed by atoms with Crippen LogP contribution in [0.4, 0.5) is 4.39 Å². The van der Waals surface area contributed by atoms with E-state index in [9.17, 15) is 19.4 Å². The zero-order valence-electron chi connectivity index (χ0n) is 13.0. The van der Waals surface area contributed by atoms with Crippen LogP contribution in [0.1, 0.15) is 12.6 Å². The number of aliphatic hydroxyl groups is 2. The molecule has 1 aromatic carbocycles. The summed E-state index contributed by atoms with van der Waals surface area (Å²) in [5.41, 5.74) is 0.210. The summed E-state index contributed by atoms with van der Waals surface area (Å²) in [6.07, 6.45) is 0.818. The number of ether oxygens (including phenoxy) is 1. The van der Waals surface area contributed by atoms with Crippen molar-refractivity contribution in [1.29, 1.82) is 0 Å². The minimum atomic E-state index is -0.845. The average Bonchev–Trinajstić information content (AvgIpc) is 3.18. The van der Waals surface area contributed by atoms with E-state index in [1.165, 1.54) is 40.0 Å². The van der Waals surface area contributed by atoms with E-state index in [0.29, 0.717) is 5.69 Å². The number of fused-ring (bicyclic) bond motifs is 1. The lowest BCUT2D eigenvalue weighted by Crippen LogP contribution is -2.22. The number of aliphatic hydroxyl groups excluding tert-OH is 2. The minimum absolute atomic E-state index is 0.0787. The lowest BCUT2D eigenvalue weighted by molar-refractivity contribution is -0.0486. The number of aromatic nitrogens is 4. The standard InChI is InChI=1S/C16H15FN4O4/c17-9-2-1-3-10(4-9)20-8-19-14-13(15(20)24)18-7-21(14)16-12(23)5-11(6-22)25-16/h1-4,7-8,11-12,16,22-23H,5-6H2/t11-,12?,16+/m0/s1. The topological polar surface area (TPSA) is 102 Å². The minimum Gasteiger partial charge on any atom is -0.394 e. The third-order valence-corrected chi connectivity index (χ3v) is 4.21. The van der Waals surface area contributed by atoms with Gasteiger partial charge >= 0.3 is 0 Å². The van der Waals surface area contributed by atoms with Gasteiger partial charge in [-0.3, -0.25) is 13.9 Å². The first-order valence-electron chi connectivity index (χ1n) is 7.73. The van der Waals surface area contributed by atoms with Gasteiger partial charge in [0.25, 0.3) is 5.56 Å². The lowest BCUT2D eigenvalue weighted by Gasteiger charge is -2.16. The van der Waals surface area contributed by atoms with E-state index in [-0.39, 0.29) is 24.2 Å². The first kappa shape index (κ1) is 15.9. The van der Waals surface area contributed by atoms with Crippen molar-refractivity contribution >= 4 is 11.2 Å². The Bertz CT molecular complexity index is 986. The number of hydrogen-bond donors (Lipinski definition) is 2. The molecular weight excluding hydrogens is 331 g/mol. The molecule has 8 nitrogen and oxygen atoms in total. The Morgan fingerprint density at radius 2 is 2.16 bits per heavy atom. The van der Waals surface area contributed by atoms with Crippen molar-refractivity contribution in [2.75, 3.05) is 6.61 Å². The van der Waals surface area contributed by atoms with Crippen molar-refractivity contribution in [3.05, 3.63) is 53.1 Å². The van der Waals surface area contributed by atoms with Crippen molar-refractivity contribution < 1.29 is 19.3 Å². The fourth-order valence-electron chi connectivity index (χ4n) is 3.01. The molecule has 2 N–H and O–H groups in total. The Kier molecular flexibility index (Phi) is 3.83. The molecule has 0 saturated carbocycles. The summed E-state index contributed by atoms with van der Waals surface area (Å²) < 4.78 is 21.6. The second kappa shape index (κ2) is 6.03. The van der Waals surface area contributed by atoms with Crippen LogP contribution >= 0.6 is 0 Å². The zero-order chi connectivity index (χ0) is 17.6. The molecule has 1 aliphatic heterocycles. The monoisotopic (exact) mass is 346 g/mol. The molecule has 1 unspecified atom stereocenters. The maximum atomic E-state index is 13.4. The van der Waals surface area contributed by atoms with E-state index >= 15 is 0 Å². The quantitative estimate of drug-likeness (QED) is 0.710. The molecular formula is C16H15FN4O4. The van der Waals surface area contributed by atoms with Gasteiger partial charge in [-0.25, -0.2) is 14.4 Å². The fourth-order valence-corrected chi connectivity index (χ4v) is 3.01. The van der Waals surface area contributed by atoms with E-state index in [1.807, 2.05) is 0 Å². The van der Waals surface area contributed by atoms with E-state index in [0.717, 1.165) is 0 Å². The highest BCUT2D eigenvalue weighted by Gasteiger charge is 2.36. The third kappa shape index (κ3) is 2.62.